The van der Waals surface area contributed by atoms with Crippen LogP contribution in [0.5, 0.6) is 0 Å². The van der Waals surface area contributed by atoms with Crippen molar-refractivity contribution in [2.45, 2.75) is 71.1 Å². The molecule has 0 aliphatic heterocycles. The molecule has 0 unspecified atom stereocenters. The molecule has 0 atom stereocenters. The second-order valence-electron chi connectivity index (χ2n) is 4.90. The summed E-state index contributed by atoms with van der Waals surface area (Å²) in [6.45, 7) is 2.28. The molecule has 21 heavy (non-hydrogen) atoms. The van der Waals surface area contributed by atoms with Gasteiger partial charge in [-0.15, -0.1) is 23.5 Å². The summed E-state index contributed by atoms with van der Waals surface area (Å²) in [4.78, 5) is 0. The molecule has 0 saturated carbocycles. The highest BCUT2D eigenvalue weighted by Gasteiger charge is 2.02. The molecule has 6 heteroatoms. The van der Waals surface area contributed by atoms with Crippen molar-refractivity contribution >= 4 is 76.6 Å². The van der Waals surface area contributed by atoms with Crippen LogP contribution >= 0.6 is 69.5 Å². The van der Waals surface area contributed by atoms with Crippen LogP contribution in [0.2, 0.25) is 0 Å². The Morgan fingerprint density at radius 1 is 0.714 bits per heavy atom. The lowest BCUT2D eigenvalue weighted by atomic mass is 10.1. The Bertz CT molecular complexity index is 267. The zero-order valence-electron chi connectivity index (χ0n) is 13.2. The first-order valence-electron chi connectivity index (χ1n) is 7.80. The fourth-order valence-electron chi connectivity index (χ4n) is 1.87. The number of hydrogen-bond acceptors (Lipinski definition) is 6. The van der Waals surface area contributed by atoms with Gasteiger partial charge in [0.1, 0.15) is 7.06 Å². The molecule has 0 rings (SSSR count). The topological polar surface area (TPSA) is 0 Å². The molecule has 0 aromatic carbocycles. The van der Waals surface area contributed by atoms with E-state index >= 15 is 0 Å². The fourth-order valence-corrected chi connectivity index (χ4v) is 6.17. The van der Waals surface area contributed by atoms with Crippen LogP contribution in [0, 0.1) is 0 Å². The molecule has 0 aliphatic rings. The van der Waals surface area contributed by atoms with Gasteiger partial charge in [0.15, 0.2) is 0 Å². The summed E-state index contributed by atoms with van der Waals surface area (Å²) in [6, 6.07) is 0. The van der Waals surface area contributed by atoms with Crippen LogP contribution in [-0.2, 0) is 0 Å². The Kier molecular flexibility index (Phi) is 19.3. The maximum atomic E-state index is 5.33. The number of rotatable bonds is 11. The largest absolute Gasteiger partial charge is 0.115 e. The molecular formula is C15H28S6. The molecule has 0 heterocycles. The third-order valence-corrected chi connectivity index (χ3v) is 9.70. The summed E-state index contributed by atoms with van der Waals surface area (Å²) in [6.07, 6.45) is 15.9. The molecule has 0 radical (unpaired) electrons. The quantitative estimate of drug-likeness (QED) is 0.194. The number of thioether (sulfide) groups is 2. The highest BCUT2D eigenvalue weighted by molar-refractivity contribution is 8.96. The van der Waals surface area contributed by atoms with E-state index in [0.29, 0.717) is 0 Å². The van der Waals surface area contributed by atoms with Crippen molar-refractivity contribution in [3.05, 3.63) is 0 Å². The predicted octanol–water partition coefficient (Wildman–Crippen LogP) is 7.95. The van der Waals surface area contributed by atoms with Crippen LogP contribution in [0.3, 0.4) is 0 Å². The molecule has 0 aromatic rings. The van der Waals surface area contributed by atoms with Gasteiger partial charge in [-0.1, -0.05) is 89.1 Å². The van der Waals surface area contributed by atoms with Gasteiger partial charge in [-0.05, 0) is 40.0 Å². The molecule has 0 saturated heterocycles. The molecule has 0 bridgehead atoms. The minimum atomic E-state index is 0.960. The van der Waals surface area contributed by atoms with Gasteiger partial charge < -0.3 is 0 Å². The molecule has 0 spiro atoms. The van der Waals surface area contributed by atoms with Gasteiger partial charge in [-0.3, -0.25) is 0 Å². The zero-order chi connectivity index (χ0) is 15.8. The van der Waals surface area contributed by atoms with E-state index in [-0.39, 0.29) is 0 Å². The lowest BCUT2D eigenvalue weighted by molar-refractivity contribution is 0.563. The summed E-state index contributed by atoms with van der Waals surface area (Å²) in [5.41, 5.74) is 0. The lowest BCUT2D eigenvalue weighted by Gasteiger charge is -2.03. The van der Waals surface area contributed by atoms with Gasteiger partial charge >= 0.3 is 0 Å². The van der Waals surface area contributed by atoms with Crippen molar-refractivity contribution in [1.82, 2.24) is 0 Å². The highest BCUT2D eigenvalue weighted by Crippen LogP contribution is 2.33. The molecule has 0 fully saturated rings. The monoisotopic (exact) mass is 400 g/mol. The van der Waals surface area contributed by atoms with Crippen molar-refractivity contribution in [2.75, 3.05) is 12.0 Å². The molecule has 0 N–H and O–H groups in total. The number of thiocarbonyl (C=S) groups is 2. The van der Waals surface area contributed by atoms with Gasteiger partial charge in [-0.2, -0.15) is 0 Å². The van der Waals surface area contributed by atoms with E-state index in [0.717, 1.165) is 12.8 Å². The molecule has 0 aromatic heterocycles. The second-order valence-corrected chi connectivity index (χ2v) is 11.3. The Balaban J connectivity index is 3.18. The van der Waals surface area contributed by atoms with Crippen molar-refractivity contribution in [3.63, 3.8) is 0 Å². The fraction of sp³-hybridized carbons (Fsp3) is 0.867. The third-order valence-electron chi connectivity index (χ3n) is 3.06. The Labute approximate surface area is 158 Å². The minimum absolute atomic E-state index is 0.960. The molecule has 0 aliphatic carbocycles. The Hall–Kier alpha value is 1.58. The summed E-state index contributed by atoms with van der Waals surface area (Å²) >= 11 is 13.9. The van der Waals surface area contributed by atoms with Crippen molar-refractivity contribution in [3.8, 4) is 0 Å². The van der Waals surface area contributed by atoms with E-state index < -0.39 is 0 Å². The Morgan fingerprint density at radius 3 is 1.71 bits per heavy atom. The van der Waals surface area contributed by atoms with Gasteiger partial charge in [0.2, 0.25) is 0 Å². The maximum Gasteiger partial charge on any atom is 0.115 e. The van der Waals surface area contributed by atoms with Crippen LogP contribution in [0.25, 0.3) is 0 Å². The predicted molar refractivity (Wildman–Crippen MR) is 118 cm³/mol. The molecule has 0 nitrogen and oxygen atoms in total. The van der Waals surface area contributed by atoms with E-state index in [1.165, 1.54) is 64.2 Å². The van der Waals surface area contributed by atoms with Gasteiger partial charge in [0, 0.05) is 0 Å². The Morgan fingerprint density at radius 2 is 1.19 bits per heavy atom. The van der Waals surface area contributed by atoms with E-state index in [4.69, 9.17) is 24.4 Å². The summed E-state index contributed by atoms with van der Waals surface area (Å²) in [7, 11) is 3.26. The maximum absolute atomic E-state index is 5.33. The SMILES string of the molecule is CCCCCCCCCCCCSC(=S)SSC(=S)SC. The van der Waals surface area contributed by atoms with Crippen LogP contribution < -0.4 is 0 Å². The first-order valence-corrected chi connectivity index (χ1v) is 13.0. The van der Waals surface area contributed by atoms with E-state index in [9.17, 15) is 0 Å². The van der Waals surface area contributed by atoms with Crippen molar-refractivity contribution in [2.24, 2.45) is 0 Å². The lowest BCUT2D eigenvalue weighted by Crippen LogP contribution is -1.86. The number of unbranched alkanes of at least 4 members (excludes halogenated alkanes) is 9. The minimum Gasteiger partial charge on any atom is -0.110 e. The normalized spacial score (nSPS) is 10.8. The first kappa shape index (κ1) is 22.6. The number of hydrogen-bond donors (Lipinski definition) is 0. The molecular weight excluding hydrogens is 373 g/mol. The zero-order valence-corrected chi connectivity index (χ0v) is 18.1. The highest BCUT2D eigenvalue weighted by atomic mass is 33.1. The van der Waals surface area contributed by atoms with Crippen LogP contribution in [0.1, 0.15) is 71.1 Å². The van der Waals surface area contributed by atoms with E-state index in [1.54, 1.807) is 33.3 Å². The van der Waals surface area contributed by atoms with Crippen molar-refractivity contribution < 1.29 is 0 Å². The first-order chi connectivity index (χ1) is 10.2. The van der Waals surface area contributed by atoms with E-state index in [1.807, 2.05) is 18.0 Å². The molecule has 124 valence electrons. The van der Waals surface area contributed by atoms with Gasteiger partial charge in [0.25, 0.3) is 0 Å². The van der Waals surface area contributed by atoms with Crippen molar-refractivity contribution in [1.29, 1.82) is 0 Å². The summed E-state index contributed by atoms with van der Waals surface area (Å²) in [5, 5.41) is 0. The summed E-state index contributed by atoms with van der Waals surface area (Å²) < 4.78 is 1.98. The third kappa shape index (κ3) is 17.8. The average Bonchev–Trinajstić information content (AvgIpc) is 2.50. The van der Waals surface area contributed by atoms with Crippen LogP contribution in [0.15, 0.2) is 0 Å². The average molecular weight is 401 g/mol. The van der Waals surface area contributed by atoms with Gasteiger partial charge in [-0.25, -0.2) is 0 Å². The van der Waals surface area contributed by atoms with Crippen LogP contribution in [0.4, 0.5) is 0 Å². The van der Waals surface area contributed by atoms with Gasteiger partial charge in [0.05, 0.1) is 0 Å². The van der Waals surface area contributed by atoms with Crippen LogP contribution in [-0.4, -0.2) is 19.1 Å². The smallest absolute Gasteiger partial charge is 0.110 e. The standard InChI is InChI=1S/C15H28S6/c1-3-4-5-6-7-8-9-10-11-12-13-19-15(17)21-20-14(16)18-2/h3-13H2,1-2H3. The second kappa shape index (κ2) is 17.9. The molecule has 0 amide bonds. The summed E-state index contributed by atoms with van der Waals surface area (Å²) in [5.74, 6) is 1.16. The van der Waals surface area contributed by atoms with E-state index in [2.05, 4.69) is 6.92 Å².